The van der Waals surface area contributed by atoms with Gasteiger partial charge in [0.05, 0.1) is 18.8 Å². The maximum absolute atomic E-state index is 12.8. The molecule has 2 aliphatic rings. The van der Waals surface area contributed by atoms with Gasteiger partial charge in [-0.25, -0.2) is 9.97 Å². The minimum absolute atomic E-state index is 0.0129. The van der Waals surface area contributed by atoms with Crippen LogP contribution in [0.15, 0.2) is 41.6 Å². The van der Waals surface area contributed by atoms with Gasteiger partial charge in [-0.1, -0.05) is 19.9 Å². The first-order chi connectivity index (χ1) is 15.9. The summed E-state index contributed by atoms with van der Waals surface area (Å²) in [5.74, 6) is 1.07. The lowest BCUT2D eigenvalue weighted by atomic mass is 10.0. The van der Waals surface area contributed by atoms with Crippen molar-refractivity contribution in [3.8, 4) is 17.1 Å². The SMILES string of the molecule is COc1cc(-c2c[nH]c(=O)c(N(CC3CC3)C3CN(C(=O)/C=C/CNC(C)C)C3)c2)ncn1. The predicted molar refractivity (Wildman–Crippen MR) is 127 cm³/mol. The van der Waals surface area contributed by atoms with Gasteiger partial charge in [-0.15, -0.1) is 0 Å². The number of carbonyl (C=O) groups is 1. The minimum Gasteiger partial charge on any atom is -0.481 e. The molecule has 0 atom stereocenters. The van der Waals surface area contributed by atoms with Crippen LogP contribution >= 0.6 is 0 Å². The minimum atomic E-state index is -0.134. The molecule has 33 heavy (non-hydrogen) atoms. The maximum Gasteiger partial charge on any atom is 0.271 e. The van der Waals surface area contributed by atoms with Gasteiger partial charge in [-0.2, -0.15) is 0 Å². The summed E-state index contributed by atoms with van der Waals surface area (Å²) >= 11 is 0. The zero-order valence-corrected chi connectivity index (χ0v) is 19.5. The third kappa shape index (κ3) is 5.78. The number of ether oxygens (including phenoxy) is 1. The molecule has 1 saturated heterocycles. The standard InChI is InChI=1S/C24H32N6O3/c1-16(2)25-8-4-5-23(31)29-13-19(14-29)30(12-17-6-7-17)21-9-18(11-26-24(21)32)20-10-22(33-3)28-15-27-20/h4-5,9-11,15-17,19,25H,6-8,12-14H2,1-3H3,(H,26,32)/b5-4+. The number of pyridine rings is 1. The Morgan fingerprint density at radius 3 is 2.82 bits per heavy atom. The van der Waals surface area contributed by atoms with Gasteiger partial charge in [0.2, 0.25) is 11.8 Å². The molecule has 0 bridgehead atoms. The number of hydrogen-bond donors (Lipinski definition) is 2. The van der Waals surface area contributed by atoms with Crippen molar-refractivity contribution in [1.82, 2.24) is 25.2 Å². The highest BCUT2D eigenvalue weighted by molar-refractivity contribution is 5.88. The van der Waals surface area contributed by atoms with Crippen LogP contribution in [0.5, 0.6) is 5.88 Å². The fourth-order valence-corrected chi connectivity index (χ4v) is 3.87. The van der Waals surface area contributed by atoms with Gasteiger partial charge >= 0.3 is 0 Å². The van der Waals surface area contributed by atoms with Crippen molar-refractivity contribution in [3.63, 3.8) is 0 Å². The van der Waals surface area contributed by atoms with Gasteiger partial charge in [-0.3, -0.25) is 9.59 Å². The lowest BCUT2D eigenvalue weighted by Crippen LogP contribution is -2.62. The molecule has 1 aliphatic heterocycles. The summed E-state index contributed by atoms with van der Waals surface area (Å²) in [5.41, 5.74) is 1.95. The van der Waals surface area contributed by atoms with E-state index in [4.69, 9.17) is 4.74 Å². The molecule has 1 aliphatic carbocycles. The van der Waals surface area contributed by atoms with E-state index in [1.807, 2.05) is 17.0 Å². The number of aromatic amines is 1. The van der Waals surface area contributed by atoms with Crippen LogP contribution in [0.2, 0.25) is 0 Å². The number of H-pyrrole nitrogens is 1. The Morgan fingerprint density at radius 2 is 2.12 bits per heavy atom. The van der Waals surface area contributed by atoms with E-state index in [1.54, 1.807) is 25.4 Å². The van der Waals surface area contributed by atoms with Crippen molar-refractivity contribution in [2.45, 2.75) is 38.8 Å². The summed E-state index contributed by atoms with van der Waals surface area (Å²) in [4.78, 5) is 40.5. The van der Waals surface area contributed by atoms with Crippen molar-refractivity contribution in [2.24, 2.45) is 5.92 Å². The van der Waals surface area contributed by atoms with Crippen molar-refractivity contribution in [3.05, 3.63) is 47.2 Å². The fourth-order valence-electron chi connectivity index (χ4n) is 3.87. The lowest BCUT2D eigenvalue weighted by molar-refractivity contribution is -0.130. The average molecular weight is 453 g/mol. The normalized spacial score (nSPS) is 16.3. The van der Waals surface area contributed by atoms with E-state index in [0.717, 1.165) is 12.1 Å². The predicted octanol–water partition coefficient (Wildman–Crippen LogP) is 1.82. The molecule has 2 N–H and O–H groups in total. The van der Waals surface area contributed by atoms with Gasteiger partial charge in [0.15, 0.2) is 0 Å². The second-order valence-corrected chi connectivity index (χ2v) is 9.01. The first-order valence-corrected chi connectivity index (χ1v) is 11.5. The van der Waals surface area contributed by atoms with Gasteiger partial charge in [-0.05, 0) is 24.8 Å². The zero-order valence-electron chi connectivity index (χ0n) is 19.5. The highest BCUT2D eigenvalue weighted by Gasteiger charge is 2.37. The average Bonchev–Trinajstić information content (AvgIpc) is 3.59. The quantitative estimate of drug-likeness (QED) is 0.530. The first-order valence-electron chi connectivity index (χ1n) is 11.5. The summed E-state index contributed by atoms with van der Waals surface area (Å²) in [6.07, 6.45) is 8.96. The molecule has 2 fully saturated rings. The van der Waals surface area contributed by atoms with Gasteiger partial charge < -0.3 is 24.8 Å². The van der Waals surface area contributed by atoms with Crippen molar-refractivity contribution >= 4 is 11.6 Å². The van der Waals surface area contributed by atoms with Crippen LogP contribution in [0.25, 0.3) is 11.3 Å². The molecule has 3 heterocycles. The smallest absolute Gasteiger partial charge is 0.271 e. The van der Waals surface area contributed by atoms with Crippen LogP contribution in [0, 0.1) is 5.92 Å². The Balaban J connectivity index is 1.48. The molecule has 4 rings (SSSR count). The van der Waals surface area contributed by atoms with E-state index in [0.29, 0.717) is 48.9 Å². The highest BCUT2D eigenvalue weighted by atomic mass is 16.5. The van der Waals surface area contributed by atoms with Crippen molar-refractivity contribution in [1.29, 1.82) is 0 Å². The Hall–Kier alpha value is -3.20. The summed E-state index contributed by atoms with van der Waals surface area (Å²) < 4.78 is 5.20. The van der Waals surface area contributed by atoms with Crippen LogP contribution in [-0.4, -0.2) is 71.1 Å². The number of hydrogen-bond acceptors (Lipinski definition) is 7. The number of carbonyl (C=O) groups excluding carboxylic acids is 1. The molecule has 0 unspecified atom stereocenters. The van der Waals surface area contributed by atoms with Crippen LogP contribution in [0.4, 0.5) is 5.69 Å². The summed E-state index contributed by atoms with van der Waals surface area (Å²) in [6.45, 7) is 6.85. The summed E-state index contributed by atoms with van der Waals surface area (Å²) in [7, 11) is 1.56. The molecule has 0 aromatic carbocycles. The Kier molecular flexibility index (Phi) is 7.08. The third-order valence-corrected chi connectivity index (χ3v) is 6.01. The van der Waals surface area contributed by atoms with E-state index >= 15 is 0 Å². The second-order valence-electron chi connectivity index (χ2n) is 9.01. The van der Waals surface area contributed by atoms with Crippen LogP contribution in [0.3, 0.4) is 0 Å². The van der Waals surface area contributed by atoms with Crippen LogP contribution in [-0.2, 0) is 4.79 Å². The first kappa shape index (κ1) is 23.0. The van der Waals surface area contributed by atoms with Crippen molar-refractivity contribution in [2.75, 3.05) is 38.2 Å². The number of aromatic nitrogens is 3. The Labute approximate surface area is 193 Å². The largest absolute Gasteiger partial charge is 0.481 e. The fraction of sp³-hybridized carbons (Fsp3) is 0.500. The molecule has 2 aromatic rings. The highest BCUT2D eigenvalue weighted by Crippen LogP contribution is 2.34. The molecule has 9 nitrogen and oxygen atoms in total. The van der Waals surface area contributed by atoms with Gasteiger partial charge in [0, 0.05) is 56.1 Å². The third-order valence-electron chi connectivity index (χ3n) is 6.01. The van der Waals surface area contributed by atoms with E-state index in [1.165, 1.54) is 19.2 Å². The zero-order chi connectivity index (χ0) is 23.4. The molecular weight excluding hydrogens is 420 g/mol. The molecule has 2 aromatic heterocycles. The lowest BCUT2D eigenvalue weighted by Gasteiger charge is -2.46. The summed E-state index contributed by atoms with van der Waals surface area (Å²) in [6, 6.07) is 4.12. The molecule has 0 radical (unpaired) electrons. The number of anilines is 1. The number of rotatable bonds is 10. The number of amides is 1. The van der Waals surface area contributed by atoms with E-state index in [-0.39, 0.29) is 17.5 Å². The molecule has 9 heteroatoms. The van der Waals surface area contributed by atoms with Gasteiger partial charge in [0.25, 0.3) is 5.56 Å². The molecule has 1 saturated carbocycles. The van der Waals surface area contributed by atoms with E-state index in [2.05, 4.69) is 39.0 Å². The number of methoxy groups -OCH3 is 1. The molecule has 0 spiro atoms. The van der Waals surface area contributed by atoms with E-state index < -0.39 is 0 Å². The molecular formula is C24H32N6O3. The number of nitrogens with one attached hydrogen (secondary N) is 2. The maximum atomic E-state index is 12.8. The van der Waals surface area contributed by atoms with Crippen LogP contribution in [0.1, 0.15) is 26.7 Å². The Morgan fingerprint density at radius 1 is 1.33 bits per heavy atom. The van der Waals surface area contributed by atoms with Crippen molar-refractivity contribution < 1.29 is 9.53 Å². The molecule has 176 valence electrons. The van der Waals surface area contributed by atoms with Crippen LogP contribution < -0.4 is 20.5 Å². The summed E-state index contributed by atoms with van der Waals surface area (Å²) in [5, 5.41) is 3.26. The molecule has 1 amide bonds. The number of nitrogens with zero attached hydrogens (tertiary/aromatic N) is 4. The van der Waals surface area contributed by atoms with E-state index in [9.17, 15) is 9.59 Å². The topological polar surface area (TPSA) is 103 Å². The number of likely N-dealkylation sites (tertiary alicyclic amines) is 1. The Bertz CT molecular complexity index is 1060. The van der Waals surface area contributed by atoms with Gasteiger partial charge in [0.1, 0.15) is 12.0 Å². The monoisotopic (exact) mass is 452 g/mol. The second kappa shape index (κ2) is 10.2.